The zero-order chi connectivity index (χ0) is 16.1. The van der Waals surface area contributed by atoms with Gasteiger partial charge in [-0.15, -0.1) is 0 Å². The second-order valence-electron chi connectivity index (χ2n) is 6.55. The number of aryl methyl sites for hydroxylation is 4. The number of hydrogen-bond donors (Lipinski definition) is 0. The molecule has 0 N–H and O–H groups in total. The van der Waals surface area contributed by atoms with Crippen molar-refractivity contribution >= 4 is 18.5 Å². The van der Waals surface area contributed by atoms with Crippen LogP contribution in [0.25, 0.3) is 0 Å². The van der Waals surface area contributed by atoms with E-state index >= 15 is 0 Å². The first-order chi connectivity index (χ1) is 10.5. The summed E-state index contributed by atoms with van der Waals surface area (Å²) in [5.74, 6) is 0. The summed E-state index contributed by atoms with van der Waals surface area (Å²) in [7, 11) is -0.227. The quantitative estimate of drug-likeness (QED) is 0.485. The Bertz CT molecular complexity index is 536. The van der Waals surface area contributed by atoms with Gasteiger partial charge in [-0.2, -0.15) is 0 Å². The SMILES string of the molecule is CCCCCP(c1cc(C)cc(C)c1)c1cc(C)cc(C)c1. The van der Waals surface area contributed by atoms with Crippen LogP contribution in [0.15, 0.2) is 36.4 Å². The van der Waals surface area contributed by atoms with Gasteiger partial charge in [-0.3, -0.25) is 0 Å². The third-order valence-corrected chi connectivity index (χ3v) is 6.55. The van der Waals surface area contributed by atoms with Crippen molar-refractivity contribution in [2.75, 3.05) is 6.16 Å². The van der Waals surface area contributed by atoms with Crippen molar-refractivity contribution in [2.24, 2.45) is 0 Å². The predicted molar refractivity (Wildman–Crippen MR) is 102 cm³/mol. The average Bonchev–Trinajstić information content (AvgIpc) is 2.41. The Morgan fingerprint density at radius 3 is 1.41 bits per heavy atom. The highest BCUT2D eigenvalue weighted by molar-refractivity contribution is 7.73. The third kappa shape index (κ3) is 4.68. The van der Waals surface area contributed by atoms with Crippen molar-refractivity contribution in [3.05, 3.63) is 58.7 Å². The molecule has 2 aromatic rings. The van der Waals surface area contributed by atoms with Crippen LogP contribution in [0, 0.1) is 27.7 Å². The summed E-state index contributed by atoms with van der Waals surface area (Å²) in [6, 6.07) is 14.2. The van der Waals surface area contributed by atoms with E-state index in [1.165, 1.54) is 47.7 Å². The summed E-state index contributed by atoms with van der Waals surface area (Å²) in [6.45, 7) is 11.2. The van der Waals surface area contributed by atoms with Crippen LogP contribution in [0.4, 0.5) is 0 Å². The molecule has 0 aliphatic carbocycles. The average molecular weight is 312 g/mol. The van der Waals surface area contributed by atoms with E-state index in [1.54, 1.807) is 10.6 Å². The molecule has 0 unspecified atom stereocenters. The summed E-state index contributed by atoms with van der Waals surface area (Å²) in [6.07, 6.45) is 5.29. The Kier molecular flexibility index (Phi) is 6.21. The molecule has 0 aromatic heterocycles. The largest absolute Gasteiger partial charge is 0.0654 e. The lowest BCUT2D eigenvalue weighted by Gasteiger charge is -2.21. The van der Waals surface area contributed by atoms with Crippen LogP contribution in [-0.2, 0) is 0 Å². The molecule has 0 aliphatic heterocycles. The first kappa shape index (κ1) is 17.2. The van der Waals surface area contributed by atoms with Crippen molar-refractivity contribution in [1.29, 1.82) is 0 Å². The minimum Gasteiger partial charge on any atom is -0.0654 e. The van der Waals surface area contributed by atoms with Gasteiger partial charge < -0.3 is 0 Å². The first-order valence-corrected chi connectivity index (χ1v) is 9.96. The molecule has 22 heavy (non-hydrogen) atoms. The van der Waals surface area contributed by atoms with Gasteiger partial charge in [0, 0.05) is 0 Å². The molecule has 0 bridgehead atoms. The minimum absolute atomic E-state index is 0.227. The second kappa shape index (κ2) is 7.93. The maximum atomic E-state index is 2.41. The van der Waals surface area contributed by atoms with Gasteiger partial charge in [0.2, 0.25) is 0 Å². The molecule has 0 heterocycles. The molecule has 0 spiro atoms. The Hall–Kier alpha value is -1.13. The molecule has 0 amide bonds. The zero-order valence-corrected chi connectivity index (χ0v) is 15.6. The summed E-state index contributed by atoms with van der Waals surface area (Å²) in [4.78, 5) is 0. The molecule has 0 nitrogen and oxygen atoms in total. The number of unbranched alkanes of at least 4 members (excludes halogenated alkanes) is 2. The highest BCUT2D eigenvalue weighted by Gasteiger charge is 2.15. The summed E-state index contributed by atoms with van der Waals surface area (Å²) >= 11 is 0. The Balaban J connectivity index is 2.40. The molecule has 2 rings (SSSR count). The topological polar surface area (TPSA) is 0 Å². The highest BCUT2D eigenvalue weighted by atomic mass is 31.1. The molecule has 1 heteroatoms. The van der Waals surface area contributed by atoms with Crippen molar-refractivity contribution < 1.29 is 0 Å². The van der Waals surface area contributed by atoms with Crippen LogP contribution >= 0.6 is 7.92 Å². The van der Waals surface area contributed by atoms with Gasteiger partial charge in [-0.05, 0) is 58.8 Å². The molecule has 2 aromatic carbocycles. The van der Waals surface area contributed by atoms with E-state index in [2.05, 4.69) is 71.0 Å². The highest BCUT2D eigenvalue weighted by Crippen LogP contribution is 2.36. The van der Waals surface area contributed by atoms with E-state index in [4.69, 9.17) is 0 Å². The first-order valence-electron chi connectivity index (χ1n) is 8.43. The molecule has 0 radical (unpaired) electrons. The van der Waals surface area contributed by atoms with Crippen molar-refractivity contribution in [3.8, 4) is 0 Å². The Morgan fingerprint density at radius 1 is 0.636 bits per heavy atom. The Morgan fingerprint density at radius 2 is 1.05 bits per heavy atom. The molecule has 0 saturated carbocycles. The molecule has 118 valence electrons. The smallest absolute Gasteiger partial charge is 0.0190 e. The van der Waals surface area contributed by atoms with Crippen LogP contribution in [0.1, 0.15) is 48.4 Å². The lowest BCUT2D eigenvalue weighted by molar-refractivity contribution is 0.777. The number of hydrogen-bond acceptors (Lipinski definition) is 0. The second-order valence-corrected chi connectivity index (χ2v) is 8.89. The van der Waals surface area contributed by atoms with E-state index < -0.39 is 0 Å². The third-order valence-electron chi connectivity index (χ3n) is 4.02. The van der Waals surface area contributed by atoms with Gasteiger partial charge in [0.05, 0.1) is 0 Å². The fourth-order valence-corrected chi connectivity index (χ4v) is 5.93. The normalized spacial score (nSPS) is 11.2. The van der Waals surface area contributed by atoms with E-state index in [-0.39, 0.29) is 7.92 Å². The van der Waals surface area contributed by atoms with Crippen LogP contribution in [0.2, 0.25) is 0 Å². The minimum atomic E-state index is -0.227. The van der Waals surface area contributed by atoms with Gasteiger partial charge in [0.1, 0.15) is 0 Å². The molecule has 0 saturated heterocycles. The van der Waals surface area contributed by atoms with E-state index in [0.29, 0.717) is 0 Å². The molecular formula is C21H29P. The number of benzene rings is 2. The van der Waals surface area contributed by atoms with Gasteiger partial charge in [-0.1, -0.05) is 78.4 Å². The fraction of sp³-hybridized carbons (Fsp3) is 0.429. The Labute approximate surface area is 137 Å². The van der Waals surface area contributed by atoms with E-state index in [0.717, 1.165) is 0 Å². The van der Waals surface area contributed by atoms with Crippen molar-refractivity contribution in [1.82, 2.24) is 0 Å². The van der Waals surface area contributed by atoms with E-state index in [1.807, 2.05) is 0 Å². The maximum absolute atomic E-state index is 2.41. The summed E-state index contributed by atoms with van der Waals surface area (Å²) in [5, 5.41) is 3.10. The lowest BCUT2D eigenvalue weighted by atomic mass is 10.2. The molecule has 0 fully saturated rings. The van der Waals surface area contributed by atoms with Gasteiger partial charge in [0.15, 0.2) is 0 Å². The monoisotopic (exact) mass is 312 g/mol. The summed E-state index contributed by atoms with van der Waals surface area (Å²) in [5.41, 5.74) is 5.56. The zero-order valence-electron chi connectivity index (χ0n) is 14.7. The van der Waals surface area contributed by atoms with Gasteiger partial charge in [0.25, 0.3) is 0 Å². The van der Waals surface area contributed by atoms with Crippen LogP contribution < -0.4 is 10.6 Å². The van der Waals surface area contributed by atoms with Gasteiger partial charge in [-0.25, -0.2) is 0 Å². The molecular weight excluding hydrogens is 283 g/mol. The van der Waals surface area contributed by atoms with Crippen molar-refractivity contribution in [3.63, 3.8) is 0 Å². The summed E-state index contributed by atoms with van der Waals surface area (Å²) < 4.78 is 0. The van der Waals surface area contributed by atoms with E-state index in [9.17, 15) is 0 Å². The fourth-order valence-electron chi connectivity index (χ4n) is 3.14. The van der Waals surface area contributed by atoms with Crippen LogP contribution in [-0.4, -0.2) is 6.16 Å². The lowest BCUT2D eigenvalue weighted by Crippen LogP contribution is -2.16. The van der Waals surface area contributed by atoms with Gasteiger partial charge >= 0.3 is 0 Å². The molecule has 0 aliphatic rings. The van der Waals surface area contributed by atoms with Crippen LogP contribution in [0.5, 0.6) is 0 Å². The van der Waals surface area contributed by atoms with Crippen molar-refractivity contribution in [2.45, 2.75) is 53.9 Å². The maximum Gasteiger partial charge on any atom is -0.0190 e. The number of rotatable bonds is 6. The van der Waals surface area contributed by atoms with Crippen LogP contribution in [0.3, 0.4) is 0 Å². The molecule has 0 atom stereocenters. The predicted octanol–water partition coefficient (Wildman–Crippen LogP) is 5.54. The standard InChI is InChI=1S/C21H29P/c1-6-7-8-9-22(20-12-16(2)10-17(3)13-20)21-14-18(4)11-19(5)15-21/h10-15H,6-9H2,1-5H3.